The van der Waals surface area contributed by atoms with Gasteiger partial charge in [0.15, 0.2) is 0 Å². The van der Waals surface area contributed by atoms with E-state index in [1.54, 1.807) is 0 Å². The Hall–Kier alpha value is -2.41. The Bertz CT molecular complexity index is 699. The zero-order valence-corrected chi connectivity index (χ0v) is 13.9. The van der Waals surface area contributed by atoms with Crippen molar-refractivity contribution in [1.82, 2.24) is 15.6 Å². The van der Waals surface area contributed by atoms with Gasteiger partial charge in [-0.2, -0.15) is 0 Å². The fourth-order valence-electron chi connectivity index (χ4n) is 2.30. The van der Waals surface area contributed by atoms with Gasteiger partial charge in [-0.3, -0.25) is 4.79 Å². The van der Waals surface area contributed by atoms with E-state index in [9.17, 15) is 9.59 Å². The molecule has 2 aromatic rings. The maximum absolute atomic E-state index is 12.2. The van der Waals surface area contributed by atoms with Crippen LogP contribution in [0.4, 0.5) is 4.79 Å². The number of urea groups is 1. The summed E-state index contributed by atoms with van der Waals surface area (Å²) in [6.45, 7) is 4.22. The number of nitrogens with zero attached hydrogens (tertiary/aromatic N) is 1. The third-order valence-electron chi connectivity index (χ3n) is 3.37. The second-order valence-electron chi connectivity index (χ2n) is 5.28. The van der Waals surface area contributed by atoms with Gasteiger partial charge in [-0.1, -0.05) is 24.3 Å². The van der Waals surface area contributed by atoms with Gasteiger partial charge in [-0.25, -0.2) is 9.78 Å². The Morgan fingerprint density at radius 1 is 1.30 bits per heavy atom. The molecule has 0 aliphatic heterocycles. The van der Waals surface area contributed by atoms with Crippen molar-refractivity contribution < 1.29 is 9.59 Å². The van der Waals surface area contributed by atoms with Gasteiger partial charge >= 0.3 is 6.03 Å². The van der Waals surface area contributed by atoms with Gasteiger partial charge in [0.2, 0.25) is 5.91 Å². The molecule has 122 valence electrons. The molecule has 0 bridgehead atoms. The Morgan fingerprint density at radius 2 is 2.04 bits per heavy atom. The minimum absolute atomic E-state index is 0.123. The van der Waals surface area contributed by atoms with Crippen LogP contribution < -0.4 is 16.4 Å². The fraction of sp³-hybridized carbons (Fsp3) is 0.312. The average molecular weight is 332 g/mol. The normalized spacial score (nSPS) is 11.7. The second kappa shape index (κ2) is 7.73. The first-order valence-electron chi connectivity index (χ1n) is 7.25. The first kappa shape index (κ1) is 17.0. The van der Waals surface area contributed by atoms with Crippen molar-refractivity contribution in [1.29, 1.82) is 0 Å². The number of primary amides is 1. The number of hydrogen-bond donors (Lipinski definition) is 3. The van der Waals surface area contributed by atoms with E-state index in [4.69, 9.17) is 5.73 Å². The summed E-state index contributed by atoms with van der Waals surface area (Å²) in [5.41, 5.74) is 8.05. The van der Waals surface area contributed by atoms with Gasteiger partial charge in [0.1, 0.15) is 5.01 Å². The second-order valence-corrected chi connectivity index (χ2v) is 6.22. The van der Waals surface area contributed by atoms with Crippen LogP contribution in [0.3, 0.4) is 0 Å². The molecule has 4 N–H and O–H groups in total. The lowest BCUT2D eigenvalue weighted by atomic mass is 9.98. The zero-order chi connectivity index (χ0) is 16.8. The molecule has 0 fully saturated rings. The standard InChI is InChI=1S/C16H20N4O2S/c1-10-5-3-4-6-12(10)13(20-16(17)22)7-14(21)18-8-15-19-11(2)9-23-15/h3-6,9,13H,7-8H2,1-2H3,(H,18,21)(H3,17,20,22). The van der Waals surface area contributed by atoms with Gasteiger partial charge in [-0.05, 0) is 25.0 Å². The van der Waals surface area contributed by atoms with Crippen molar-refractivity contribution in [2.45, 2.75) is 32.9 Å². The first-order chi connectivity index (χ1) is 11.0. The SMILES string of the molecule is Cc1csc(CNC(=O)CC(NC(N)=O)c2ccccc2C)n1. The highest BCUT2D eigenvalue weighted by molar-refractivity contribution is 7.09. The van der Waals surface area contributed by atoms with Crippen LogP contribution in [0.1, 0.15) is 34.3 Å². The van der Waals surface area contributed by atoms with E-state index in [-0.39, 0.29) is 12.3 Å². The van der Waals surface area contributed by atoms with Crippen LogP contribution in [-0.2, 0) is 11.3 Å². The predicted molar refractivity (Wildman–Crippen MR) is 90.0 cm³/mol. The number of thiazole rings is 1. The van der Waals surface area contributed by atoms with Gasteiger partial charge < -0.3 is 16.4 Å². The summed E-state index contributed by atoms with van der Waals surface area (Å²) >= 11 is 1.50. The van der Waals surface area contributed by atoms with Crippen LogP contribution in [0.2, 0.25) is 0 Å². The molecule has 1 atom stereocenters. The average Bonchev–Trinajstić information content (AvgIpc) is 2.90. The molecule has 2 rings (SSSR count). The fourth-order valence-corrected chi connectivity index (χ4v) is 3.02. The number of nitrogens with two attached hydrogens (primary N) is 1. The number of nitrogens with one attached hydrogen (secondary N) is 2. The highest BCUT2D eigenvalue weighted by atomic mass is 32.1. The van der Waals surface area contributed by atoms with E-state index in [0.29, 0.717) is 6.54 Å². The molecular formula is C16H20N4O2S. The number of carbonyl (C=O) groups is 2. The summed E-state index contributed by atoms with van der Waals surface area (Å²) in [4.78, 5) is 27.7. The lowest BCUT2D eigenvalue weighted by Crippen LogP contribution is -2.36. The monoisotopic (exact) mass is 332 g/mol. The lowest BCUT2D eigenvalue weighted by Gasteiger charge is -2.19. The Kier molecular flexibility index (Phi) is 5.70. The van der Waals surface area contributed by atoms with Crippen LogP contribution in [0.15, 0.2) is 29.6 Å². The number of aryl methyl sites for hydroxylation is 2. The molecule has 0 saturated carbocycles. The Morgan fingerprint density at radius 3 is 2.65 bits per heavy atom. The van der Waals surface area contributed by atoms with Gasteiger partial charge in [0, 0.05) is 11.1 Å². The van der Waals surface area contributed by atoms with E-state index < -0.39 is 12.1 Å². The summed E-state index contributed by atoms with van der Waals surface area (Å²) in [5, 5.41) is 8.25. The molecular weight excluding hydrogens is 312 g/mol. The van der Waals surface area contributed by atoms with E-state index in [1.807, 2.05) is 43.5 Å². The molecule has 1 aromatic heterocycles. The zero-order valence-electron chi connectivity index (χ0n) is 13.1. The minimum Gasteiger partial charge on any atom is -0.352 e. The molecule has 1 heterocycles. The molecule has 3 amide bonds. The molecule has 0 saturated heterocycles. The van der Waals surface area contributed by atoms with Crippen molar-refractivity contribution in [3.63, 3.8) is 0 Å². The molecule has 0 aliphatic rings. The molecule has 1 aromatic carbocycles. The highest BCUT2D eigenvalue weighted by Crippen LogP contribution is 2.20. The molecule has 7 heteroatoms. The van der Waals surface area contributed by atoms with E-state index >= 15 is 0 Å². The maximum atomic E-state index is 12.2. The highest BCUT2D eigenvalue weighted by Gasteiger charge is 2.19. The number of rotatable bonds is 6. The molecule has 1 unspecified atom stereocenters. The van der Waals surface area contributed by atoms with Crippen molar-refractivity contribution in [3.8, 4) is 0 Å². The summed E-state index contributed by atoms with van der Waals surface area (Å²) in [5.74, 6) is -0.167. The summed E-state index contributed by atoms with van der Waals surface area (Å²) in [6.07, 6.45) is 0.123. The summed E-state index contributed by atoms with van der Waals surface area (Å²) in [7, 11) is 0. The third-order valence-corrected chi connectivity index (χ3v) is 4.34. The number of benzene rings is 1. The maximum Gasteiger partial charge on any atom is 0.312 e. The molecule has 23 heavy (non-hydrogen) atoms. The van der Waals surface area contributed by atoms with Crippen LogP contribution in [-0.4, -0.2) is 16.9 Å². The Balaban J connectivity index is 2.01. The van der Waals surface area contributed by atoms with Crippen molar-refractivity contribution in [2.24, 2.45) is 5.73 Å². The largest absolute Gasteiger partial charge is 0.352 e. The van der Waals surface area contributed by atoms with Crippen molar-refractivity contribution in [2.75, 3.05) is 0 Å². The third kappa shape index (κ3) is 5.07. The van der Waals surface area contributed by atoms with Crippen LogP contribution in [0.5, 0.6) is 0 Å². The summed E-state index contributed by atoms with van der Waals surface area (Å²) in [6, 6.07) is 6.49. The van der Waals surface area contributed by atoms with Crippen LogP contribution in [0.25, 0.3) is 0 Å². The number of aromatic nitrogens is 1. The molecule has 0 spiro atoms. The Labute approximate surface area is 139 Å². The first-order valence-corrected chi connectivity index (χ1v) is 8.13. The van der Waals surface area contributed by atoms with Crippen LogP contribution in [0, 0.1) is 13.8 Å². The lowest BCUT2D eigenvalue weighted by molar-refractivity contribution is -0.121. The van der Waals surface area contributed by atoms with Gasteiger partial charge in [-0.15, -0.1) is 11.3 Å². The van der Waals surface area contributed by atoms with E-state index in [2.05, 4.69) is 15.6 Å². The van der Waals surface area contributed by atoms with Crippen LogP contribution >= 0.6 is 11.3 Å². The topological polar surface area (TPSA) is 97.1 Å². The minimum atomic E-state index is -0.651. The number of carbonyl (C=O) groups excluding carboxylic acids is 2. The summed E-state index contributed by atoms with van der Waals surface area (Å²) < 4.78 is 0. The molecule has 0 radical (unpaired) electrons. The van der Waals surface area contributed by atoms with E-state index in [1.165, 1.54) is 11.3 Å². The smallest absolute Gasteiger partial charge is 0.312 e. The quantitative estimate of drug-likeness (QED) is 0.756. The van der Waals surface area contributed by atoms with Gasteiger partial charge in [0.25, 0.3) is 0 Å². The number of amides is 3. The van der Waals surface area contributed by atoms with E-state index in [0.717, 1.165) is 21.8 Å². The molecule has 6 nitrogen and oxygen atoms in total. The molecule has 0 aliphatic carbocycles. The number of hydrogen-bond acceptors (Lipinski definition) is 4. The predicted octanol–water partition coefficient (Wildman–Crippen LogP) is 2.18. The van der Waals surface area contributed by atoms with Crippen molar-refractivity contribution in [3.05, 3.63) is 51.5 Å². The van der Waals surface area contributed by atoms with Gasteiger partial charge in [0.05, 0.1) is 19.0 Å². The van der Waals surface area contributed by atoms with Crippen molar-refractivity contribution >= 4 is 23.3 Å².